The largest absolute Gasteiger partial charge is 0.455 e. The van der Waals surface area contributed by atoms with Crippen molar-refractivity contribution >= 4 is 60.5 Å². The number of anilines is 3. The van der Waals surface area contributed by atoms with Crippen molar-refractivity contribution in [3.8, 4) is 22.3 Å². The molecule has 0 fully saturated rings. The highest BCUT2D eigenvalue weighted by Gasteiger charge is 2.20. The Morgan fingerprint density at radius 1 is 0.370 bits per heavy atom. The molecule has 2 heteroatoms. The SMILES string of the molecule is c1ccc(-c2ccc(N(c3ccccc3)c3cc4c5cc(-c6cccc7ccccc67)ccc5oc4c4ccccc34)cc2)cc1. The van der Waals surface area contributed by atoms with Crippen LogP contribution in [0.1, 0.15) is 0 Å². The number of furan rings is 1. The lowest BCUT2D eigenvalue weighted by atomic mass is 9.96. The maximum absolute atomic E-state index is 6.64. The summed E-state index contributed by atoms with van der Waals surface area (Å²) in [4.78, 5) is 2.37. The van der Waals surface area contributed by atoms with Crippen LogP contribution < -0.4 is 4.90 Å². The zero-order valence-corrected chi connectivity index (χ0v) is 25.1. The van der Waals surface area contributed by atoms with E-state index in [-0.39, 0.29) is 0 Å². The molecule has 46 heavy (non-hydrogen) atoms. The van der Waals surface area contributed by atoms with E-state index in [2.05, 4.69) is 181 Å². The van der Waals surface area contributed by atoms with Crippen LogP contribution in [-0.4, -0.2) is 0 Å². The summed E-state index contributed by atoms with van der Waals surface area (Å²) < 4.78 is 6.64. The van der Waals surface area contributed by atoms with Crippen LogP contribution in [0, 0.1) is 0 Å². The third-order valence-electron chi connectivity index (χ3n) is 9.04. The van der Waals surface area contributed by atoms with Crippen LogP contribution in [-0.2, 0) is 0 Å². The van der Waals surface area contributed by atoms with E-state index in [0.717, 1.165) is 49.8 Å². The summed E-state index contributed by atoms with van der Waals surface area (Å²) >= 11 is 0. The third-order valence-corrected chi connectivity index (χ3v) is 9.04. The summed E-state index contributed by atoms with van der Waals surface area (Å²) in [5.74, 6) is 0. The lowest BCUT2D eigenvalue weighted by Gasteiger charge is -2.27. The molecular weight excluding hydrogens is 558 g/mol. The third kappa shape index (κ3) is 4.35. The van der Waals surface area contributed by atoms with Crippen LogP contribution >= 0.6 is 0 Å². The normalized spacial score (nSPS) is 11.5. The number of rotatable bonds is 5. The van der Waals surface area contributed by atoms with Crippen LogP contribution in [0.15, 0.2) is 180 Å². The number of hydrogen-bond donors (Lipinski definition) is 0. The Morgan fingerprint density at radius 2 is 0.978 bits per heavy atom. The van der Waals surface area contributed by atoms with E-state index < -0.39 is 0 Å². The first-order valence-electron chi connectivity index (χ1n) is 15.7. The molecule has 9 aromatic rings. The number of hydrogen-bond acceptors (Lipinski definition) is 2. The molecular formula is C44H29NO. The van der Waals surface area contributed by atoms with Gasteiger partial charge in [-0.1, -0.05) is 133 Å². The molecule has 8 aromatic carbocycles. The molecule has 1 aromatic heterocycles. The summed E-state index contributed by atoms with van der Waals surface area (Å²) in [7, 11) is 0. The Hall–Kier alpha value is -6.12. The van der Waals surface area contributed by atoms with Crippen molar-refractivity contribution in [2.75, 3.05) is 4.90 Å². The molecule has 0 aliphatic rings. The Bertz CT molecular complexity index is 2510. The highest BCUT2D eigenvalue weighted by Crippen LogP contribution is 2.45. The minimum atomic E-state index is 0.889. The van der Waals surface area contributed by atoms with E-state index in [1.807, 2.05) is 0 Å². The van der Waals surface area contributed by atoms with Crippen molar-refractivity contribution < 1.29 is 4.42 Å². The van der Waals surface area contributed by atoms with Crippen molar-refractivity contribution in [2.45, 2.75) is 0 Å². The molecule has 0 saturated carbocycles. The second-order valence-corrected chi connectivity index (χ2v) is 11.7. The van der Waals surface area contributed by atoms with Crippen molar-refractivity contribution in [2.24, 2.45) is 0 Å². The fourth-order valence-corrected chi connectivity index (χ4v) is 6.85. The van der Waals surface area contributed by atoms with Crippen LogP contribution in [0.2, 0.25) is 0 Å². The fraction of sp³-hybridized carbons (Fsp3) is 0. The monoisotopic (exact) mass is 587 g/mol. The lowest BCUT2D eigenvalue weighted by molar-refractivity contribution is 0.672. The molecule has 0 saturated heterocycles. The maximum atomic E-state index is 6.64. The topological polar surface area (TPSA) is 16.4 Å². The van der Waals surface area contributed by atoms with Gasteiger partial charge in [-0.3, -0.25) is 0 Å². The van der Waals surface area contributed by atoms with E-state index in [9.17, 15) is 0 Å². The molecule has 0 atom stereocenters. The van der Waals surface area contributed by atoms with Crippen LogP contribution in [0.5, 0.6) is 0 Å². The molecule has 0 bridgehead atoms. The summed E-state index contributed by atoms with van der Waals surface area (Å²) in [6.45, 7) is 0. The van der Waals surface area contributed by atoms with Crippen LogP contribution in [0.4, 0.5) is 17.1 Å². The average molecular weight is 588 g/mol. The summed E-state index contributed by atoms with van der Waals surface area (Å²) in [6.07, 6.45) is 0. The van der Waals surface area contributed by atoms with Gasteiger partial charge in [-0.15, -0.1) is 0 Å². The van der Waals surface area contributed by atoms with Gasteiger partial charge in [0.05, 0.1) is 5.69 Å². The molecule has 0 N–H and O–H groups in total. The molecule has 0 amide bonds. The Labute approximate surface area is 267 Å². The fourth-order valence-electron chi connectivity index (χ4n) is 6.85. The zero-order chi connectivity index (χ0) is 30.5. The van der Waals surface area contributed by atoms with Gasteiger partial charge in [0, 0.05) is 32.9 Å². The van der Waals surface area contributed by atoms with Gasteiger partial charge in [-0.2, -0.15) is 0 Å². The van der Waals surface area contributed by atoms with Gasteiger partial charge in [0.25, 0.3) is 0 Å². The molecule has 0 aliphatic carbocycles. The maximum Gasteiger partial charge on any atom is 0.143 e. The van der Waals surface area contributed by atoms with Gasteiger partial charge in [0.15, 0.2) is 0 Å². The first-order valence-corrected chi connectivity index (χ1v) is 15.7. The Kier molecular flexibility index (Phi) is 6.17. The quantitative estimate of drug-likeness (QED) is 0.199. The predicted molar refractivity (Wildman–Crippen MR) is 194 cm³/mol. The van der Waals surface area contributed by atoms with Crippen LogP contribution in [0.3, 0.4) is 0 Å². The van der Waals surface area contributed by atoms with Crippen molar-refractivity contribution in [3.63, 3.8) is 0 Å². The molecule has 1 heterocycles. The van der Waals surface area contributed by atoms with E-state index in [4.69, 9.17) is 4.42 Å². The average Bonchev–Trinajstić information content (AvgIpc) is 3.51. The van der Waals surface area contributed by atoms with Crippen molar-refractivity contribution in [1.29, 1.82) is 0 Å². The minimum absolute atomic E-state index is 0.889. The van der Waals surface area contributed by atoms with Gasteiger partial charge < -0.3 is 9.32 Å². The summed E-state index contributed by atoms with van der Waals surface area (Å²) in [5, 5.41) is 6.94. The first-order chi connectivity index (χ1) is 22.8. The molecule has 0 aliphatic heterocycles. The van der Waals surface area contributed by atoms with Gasteiger partial charge in [-0.05, 0) is 75.5 Å². The van der Waals surface area contributed by atoms with Gasteiger partial charge in [0.2, 0.25) is 0 Å². The van der Waals surface area contributed by atoms with Crippen molar-refractivity contribution in [1.82, 2.24) is 0 Å². The van der Waals surface area contributed by atoms with Gasteiger partial charge in [-0.25, -0.2) is 0 Å². The Balaban J connectivity index is 1.28. The van der Waals surface area contributed by atoms with E-state index >= 15 is 0 Å². The number of nitrogens with zero attached hydrogens (tertiary/aromatic N) is 1. The van der Waals surface area contributed by atoms with Crippen molar-refractivity contribution in [3.05, 3.63) is 176 Å². The standard InChI is InChI=1S/C44H29NO/c1-3-12-30(13-4-1)31-22-25-35(26-23-31)45(34-16-5-2-6-17-34)42-29-41-40-28-33(37-21-11-15-32-14-7-8-18-36(32)37)24-27-43(40)46-44(41)39-20-10-9-19-38(39)42/h1-29H. The smallest absolute Gasteiger partial charge is 0.143 e. The second kappa shape index (κ2) is 10.8. The first kappa shape index (κ1) is 26.3. The minimum Gasteiger partial charge on any atom is -0.455 e. The molecule has 2 nitrogen and oxygen atoms in total. The summed E-state index contributed by atoms with van der Waals surface area (Å²) in [6, 6.07) is 62.6. The molecule has 216 valence electrons. The Morgan fingerprint density at radius 3 is 1.78 bits per heavy atom. The van der Waals surface area contributed by atoms with Gasteiger partial charge >= 0.3 is 0 Å². The highest BCUT2D eigenvalue weighted by atomic mass is 16.3. The number of fused-ring (bicyclic) bond motifs is 6. The van der Waals surface area contributed by atoms with E-state index in [1.54, 1.807) is 0 Å². The zero-order valence-electron chi connectivity index (χ0n) is 25.1. The number of para-hydroxylation sites is 1. The van der Waals surface area contributed by atoms with Crippen LogP contribution in [0.25, 0.3) is 65.7 Å². The highest BCUT2D eigenvalue weighted by molar-refractivity contribution is 6.20. The van der Waals surface area contributed by atoms with E-state index in [0.29, 0.717) is 0 Å². The predicted octanol–water partition coefficient (Wildman–Crippen LogP) is 12.7. The van der Waals surface area contributed by atoms with E-state index in [1.165, 1.54) is 33.0 Å². The summed E-state index contributed by atoms with van der Waals surface area (Å²) in [5.41, 5.74) is 9.91. The molecule has 9 rings (SSSR count). The molecule has 0 unspecified atom stereocenters. The molecule has 0 radical (unpaired) electrons. The molecule has 0 spiro atoms. The lowest BCUT2D eigenvalue weighted by Crippen LogP contribution is -2.10. The second-order valence-electron chi connectivity index (χ2n) is 11.7. The number of benzene rings is 8. The van der Waals surface area contributed by atoms with Gasteiger partial charge in [0.1, 0.15) is 11.2 Å².